The highest BCUT2D eigenvalue weighted by Gasteiger charge is 2.22. The number of para-hydroxylation sites is 2. The van der Waals surface area contributed by atoms with Crippen LogP contribution in [0.2, 0.25) is 0 Å². The molecule has 1 aromatic carbocycles. The predicted molar refractivity (Wildman–Crippen MR) is 129 cm³/mol. The maximum absolute atomic E-state index is 5.55. The lowest BCUT2D eigenvalue weighted by Gasteiger charge is -2.38. The maximum atomic E-state index is 5.55. The van der Waals surface area contributed by atoms with Gasteiger partial charge in [-0.05, 0) is 25.1 Å². The smallest absolute Gasteiger partial charge is 0.194 e. The van der Waals surface area contributed by atoms with E-state index in [2.05, 4.69) is 50.1 Å². The summed E-state index contributed by atoms with van der Waals surface area (Å²) in [5.41, 5.74) is 2.31. The number of nitrogens with zero attached hydrogens (tertiary/aromatic N) is 5. The number of rotatable bonds is 6. The number of guanidine groups is 1. The van der Waals surface area contributed by atoms with E-state index in [1.165, 1.54) is 0 Å². The number of benzene rings is 1. The van der Waals surface area contributed by atoms with Gasteiger partial charge >= 0.3 is 0 Å². The molecular formula is C24H34N6O2. The molecule has 0 radical (unpaired) electrons. The normalized spacial score (nSPS) is 17.4. The van der Waals surface area contributed by atoms with Crippen molar-refractivity contribution >= 4 is 17.5 Å². The zero-order chi connectivity index (χ0) is 22.2. The van der Waals surface area contributed by atoms with E-state index in [9.17, 15) is 0 Å². The number of nitrogens with one attached hydrogen (secondary N) is 1. The Bertz CT molecular complexity index is 892. The first-order valence-electron chi connectivity index (χ1n) is 11.5. The van der Waals surface area contributed by atoms with E-state index in [0.29, 0.717) is 6.54 Å². The van der Waals surface area contributed by atoms with Gasteiger partial charge in [0.05, 0.1) is 32.6 Å². The number of hydrogen-bond donors (Lipinski definition) is 1. The highest BCUT2D eigenvalue weighted by Crippen LogP contribution is 2.28. The Morgan fingerprint density at radius 2 is 1.81 bits per heavy atom. The Balaban J connectivity index is 1.43. The van der Waals surface area contributed by atoms with Crippen molar-refractivity contribution in [3.63, 3.8) is 0 Å². The lowest BCUT2D eigenvalue weighted by molar-refractivity contribution is 0.122. The minimum atomic E-state index is 0.607. The maximum Gasteiger partial charge on any atom is 0.194 e. The summed E-state index contributed by atoms with van der Waals surface area (Å²) < 4.78 is 11.1. The Kier molecular flexibility index (Phi) is 7.66. The zero-order valence-electron chi connectivity index (χ0n) is 19.2. The van der Waals surface area contributed by atoms with Gasteiger partial charge in [0.15, 0.2) is 5.96 Å². The van der Waals surface area contributed by atoms with Gasteiger partial charge in [-0.3, -0.25) is 0 Å². The van der Waals surface area contributed by atoms with E-state index in [0.717, 1.165) is 87.8 Å². The molecule has 2 saturated heterocycles. The molecule has 4 rings (SSSR count). The third-order valence-corrected chi connectivity index (χ3v) is 5.92. The highest BCUT2D eigenvalue weighted by atomic mass is 16.5. The first-order chi connectivity index (χ1) is 15.8. The Labute approximate surface area is 190 Å². The number of hydrogen-bond acceptors (Lipinski definition) is 6. The summed E-state index contributed by atoms with van der Waals surface area (Å²) in [5, 5.41) is 3.48. The van der Waals surface area contributed by atoms with Crippen LogP contribution in [0.3, 0.4) is 0 Å². The van der Waals surface area contributed by atoms with Gasteiger partial charge < -0.3 is 29.5 Å². The van der Waals surface area contributed by atoms with Crippen LogP contribution in [0.4, 0.5) is 11.5 Å². The largest absolute Gasteiger partial charge is 0.495 e. The van der Waals surface area contributed by atoms with Crippen molar-refractivity contribution in [1.82, 2.24) is 15.2 Å². The fourth-order valence-electron chi connectivity index (χ4n) is 4.25. The van der Waals surface area contributed by atoms with Crippen LogP contribution in [-0.4, -0.2) is 82.0 Å². The summed E-state index contributed by atoms with van der Waals surface area (Å²) in [7, 11) is 1.73. The fourth-order valence-corrected chi connectivity index (χ4v) is 4.25. The molecule has 1 aromatic heterocycles. The van der Waals surface area contributed by atoms with Gasteiger partial charge in [-0.2, -0.15) is 0 Å². The van der Waals surface area contributed by atoms with Crippen molar-refractivity contribution in [2.75, 3.05) is 75.9 Å². The number of pyridine rings is 1. The van der Waals surface area contributed by atoms with Gasteiger partial charge in [-0.1, -0.05) is 18.2 Å². The minimum Gasteiger partial charge on any atom is -0.495 e. The second-order valence-corrected chi connectivity index (χ2v) is 7.90. The van der Waals surface area contributed by atoms with Crippen LogP contribution in [0.5, 0.6) is 5.75 Å². The molecule has 0 spiro atoms. The van der Waals surface area contributed by atoms with Crippen molar-refractivity contribution in [3.05, 3.63) is 48.2 Å². The van der Waals surface area contributed by atoms with Crippen molar-refractivity contribution in [2.24, 2.45) is 4.99 Å². The quantitative estimate of drug-likeness (QED) is 0.548. The lowest BCUT2D eigenvalue weighted by Crippen LogP contribution is -2.52. The summed E-state index contributed by atoms with van der Waals surface area (Å²) in [5.74, 6) is 2.91. The molecule has 8 heteroatoms. The summed E-state index contributed by atoms with van der Waals surface area (Å²) in [6.45, 7) is 10.5. The van der Waals surface area contributed by atoms with Gasteiger partial charge in [-0.25, -0.2) is 9.98 Å². The number of aromatic nitrogens is 1. The van der Waals surface area contributed by atoms with E-state index >= 15 is 0 Å². The van der Waals surface area contributed by atoms with Crippen molar-refractivity contribution in [2.45, 2.75) is 13.5 Å². The molecule has 0 aliphatic carbocycles. The standard InChI is InChI=1S/C24H34N6O2/c1-3-25-24(27-19-20-7-6-10-26-23(20)29-15-17-32-18-16-29)30-13-11-28(12-14-30)21-8-4-5-9-22(21)31-2/h4-10H,3,11-19H2,1-2H3,(H,25,27). The predicted octanol–water partition coefficient (Wildman–Crippen LogP) is 2.21. The van der Waals surface area contributed by atoms with Crippen LogP contribution in [0.15, 0.2) is 47.6 Å². The van der Waals surface area contributed by atoms with E-state index < -0.39 is 0 Å². The Hall–Kier alpha value is -3.00. The van der Waals surface area contributed by atoms with Gasteiger partial charge in [0.1, 0.15) is 11.6 Å². The van der Waals surface area contributed by atoms with E-state index in [4.69, 9.17) is 14.5 Å². The van der Waals surface area contributed by atoms with Crippen molar-refractivity contribution < 1.29 is 9.47 Å². The molecule has 0 bridgehead atoms. The molecule has 2 aliphatic rings. The van der Waals surface area contributed by atoms with Crippen LogP contribution in [0, 0.1) is 0 Å². The minimum absolute atomic E-state index is 0.607. The number of anilines is 2. The second kappa shape index (κ2) is 11.0. The average molecular weight is 439 g/mol. The van der Waals surface area contributed by atoms with Crippen molar-refractivity contribution in [3.8, 4) is 5.75 Å². The number of aliphatic imine (C=N–C) groups is 1. The van der Waals surface area contributed by atoms with Crippen molar-refractivity contribution in [1.29, 1.82) is 0 Å². The summed E-state index contributed by atoms with van der Waals surface area (Å²) in [4.78, 5) is 16.7. The van der Waals surface area contributed by atoms with Gasteiger partial charge in [0.2, 0.25) is 0 Å². The molecule has 2 aromatic rings. The summed E-state index contributed by atoms with van der Waals surface area (Å²) >= 11 is 0. The topological polar surface area (TPSA) is 65.5 Å². The Morgan fingerprint density at radius 3 is 2.56 bits per heavy atom. The van der Waals surface area contributed by atoms with E-state index in [-0.39, 0.29) is 0 Å². The van der Waals surface area contributed by atoms with Crippen LogP contribution in [0.1, 0.15) is 12.5 Å². The van der Waals surface area contributed by atoms with E-state index in [1.807, 2.05) is 24.4 Å². The van der Waals surface area contributed by atoms with Gasteiger partial charge in [0, 0.05) is 57.6 Å². The number of morpholine rings is 1. The zero-order valence-corrected chi connectivity index (χ0v) is 19.2. The van der Waals surface area contributed by atoms with Crippen LogP contribution in [-0.2, 0) is 11.3 Å². The molecule has 0 atom stereocenters. The fraction of sp³-hybridized carbons (Fsp3) is 0.500. The molecule has 8 nitrogen and oxygen atoms in total. The molecule has 172 valence electrons. The second-order valence-electron chi connectivity index (χ2n) is 7.90. The third-order valence-electron chi connectivity index (χ3n) is 5.92. The molecule has 2 aliphatic heterocycles. The Morgan fingerprint density at radius 1 is 1.03 bits per heavy atom. The molecule has 1 N–H and O–H groups in total. The first-order valence-corrected chi connectivity index (χ1v) is 11.5. The molecule has 0 amide bonds. The summed E-state index contributed by atoms with van der Waals surface area (Å²) in [6.07, 6.45) is 1.86. The molecule has 2 fully saturated rings. The van der Waals surface area contributed by atoms with Gasteiger partial charge in [0.25, 0.3) is 0 Å². The monoisotopic (exact) mass is 438 g/mol. The summed E-state index contributed by atoms with van der Waals surface area (Å²) in [6, 6.07) is 12.3. The molecule has 0 saturated carbocycles. The average Bonchev–Trinajstić information content (AvgIpc) is 2.87. The highest BCUT2D eigenvalue weighted by molar-refractivity contribution is 5.80. The third kappa shape index (κ3) is 5.24. The molecular weight excluding hydrogens is 404 g/mol. The van der Waals surface area contributed by atoms with Crippen LogP contribution < -0.4 is 19.9 Å². The first kappa shape index (κ1) is 22.2. The molecule has 32 heavy (non-hydrogen) atoms. The number of piperazine rings is 1. The lowest BCUT2D eigenvalue weighted by atomic mass is 10.2. The van der Waals surface area contributed by atoms with Crippen LogP contribution >= 0.6 is 0 Å². The van der Waals surface area contributed by atoms with E-state index in [1.54, 1.807) is 7.11 Å². The van der Waals surface area contributed by atoms with Gasteiger partial charge in [-0.15, -0.1) is 0 Å². The molecule has 0 unspecified atom stereocenters. The number of methoxy groups -OCH3 is 1. The SMILES string of the molecule is CCNC(=NCc1cccnc1N1CCOCC1)N1CCN(c2ccccc2OC)CC1. The molecule has 3 heterocycles. The van der Waals surface area contributed by atoms with Crippen LogP contribution in [0.25, 0.3) is 0 Å². The number of ether oxygens (including phenoxy) is 2.